The van der Waals surface area contributed by atoms with Crippen LogP contribution in [0, 0.1) is 18.3 Å². The molecule has 0 aliphatic rings. The molecule has 0 aliphatic heterocycles. The fraction of sp³-hybridized carbons (Fsp3) is 0.238. The van der Waals surface area contributed by atoms with Crippen LogP contribution in [0.3, 0.4) is 0 Å². The maximum absolute atomic E-state index is 13.1. The smallest absolute Gasteiger partial charge is 0.307 e. The molecule has 0 saturated heterocycles. The number of fused-ring (bicyclic) bond motifs is 1. The maximum Gasteiger partial charge on any atom is 0.307 e. The zero-order chi connectivity index (χ0) is 19.4. The molecule has 6 nitrogen and oxygen atoms in total. The molecule has 0 amide bonds. The lowest BCUT2D eigenvalue weighted by Gasteiger charge is -2.14. The molecule has 0 radical (unpaired) electrons. The minimum absolute atomic E-state index is 0.0304. The Morgan fingerprint density at radius 3 is 2.63 bits per heavy atom. The maximum atomic E-state index is 13.1. The average molecular weight is 361 g/mol. The van der Waals surface area contributed by atoms with E-state index in [0.29, 0.717) is 22.4 Å². The summed E-state index contributed by atoms with van der Waals surface area (Å²) >= 11 is 0. The molecule has 0 bridgehead atoms. The van der Waals surface area contributed by atoms with E-state index in [9.17, 15) is 9.59 Å². The lowest BCUT2D eigenvalue weighted by molar-refractivity contribution is -0.145. The number of rotatable bonds is 5. The van der Waals surface area contributed by atoms with Crippen LogP contribution in [-0.2, 0) is 16.0 Å². The van der Waals surface area contributed by atoms with Crippen LogP contribution in [0.25, 0.3) is 16.6 Å². The third kappa shape index (κ3) is 4.04. The number of aryl methyl sites for hydroxylation is 2. The topological polar surface area (TPSA) is 85.0 Å². The first kappa shape index (κ1) is 18.3. The summed E-state index contributed by atoms with van der Waals surface area (Å²) < 4.78 is 6.52. The van der Waals surface area contributed by atoms with Crippen LogP contribution in [0.15, 0.2) is 53.3 Å². The molecule has 27 heavy (non-hydrogen) atoms. The summed E-state index contributed by atoms with van der Waals surface area (Å²) in [5, 5.41) is 9.27. The Balaban J connectivity index is 2.03. The molecule has 3 aromatic rings. The first-order valence-electron chi connectivity index (χ1n) is 8.66. The highest BCUT2D eigenvalue weighted by Gasteiger charge is 2.15. The van der Waals surface area contributed by atoms with E-state index in [1.165, 1.54) is 11.5 Å². The minimum Gasteiger partial charge on any atom is -0.447 e. The van der Waals surface area contributed by atoms with Gasteiger partial charge >= 0.3 is 5.97 Å². The molecule has 1 aromatic heterocycles. The highest BCUT2D eigenvalue weighted by Crippen LogP contribution is 2.15. The molecule has 6 heteroatoms. The van der Waals surface area contributed by atoms with Crippen LogP contribution in [0.2, 0.25) is 0 Å². The highest BCUT2D eigenvalue weighted by atomic mass is 16.5. The van der Waals surface area contributed by atoms with Crippen molar-refractivity contribution in [2.24, 2.45) is 0 Å². The van der Waals surface area contributed by atoms with Gasteiger partial charge in [-0.3, -0.25) is 14.2 Å². The number of aromatic nitrogens is 2. The van der Waals surface area contributed by atoms with Gasteiger partial charge in [0, 0.05) is 6.42 Å². The van der Waals surface area contributed by atoms with Crippen LogP contribution in [0.4, 0.5) is 0 Å². The zero-order valence-electron chi connectivity index (χ0n) is 15.2. The number of para-hydroxylation sites is 1. The van der Waals surface area contributed by atoms with E-state index in [0.717, 1.165) is 5.56 Å². The van der Waals surface area contributed by atoms with E-state index >= 15 is 0 Å². The quantitative estimate of drug-likeness (QED) is 0.652. The zero-order valence-corrected chi connectivity index (χ0v) is 15.2. The van der Waals surface area contributed by atoms with E-state index in [-0.39, 0.29) is 18.4 Å². The Morgan fingerprint density at radius 1 is 1.22 bits per heavy atom. The van der Waals surface area contributed by atoms with Gasteiger partial charge in [0.1, 0.15) is 11.9 Å². The number of nitrogens with zero attached hydrogens (tertiary/aromatic N) is 3. The van der Waals surface area contributed by atoms with Gasteiger partial charge in [-0.05, 0) is 38.1 Å². The first-order chi connectivity index (χ1) is 13.0. The van der Waals surface area contributed by atoms with Crippen LogP contribution in [-0.4, -0.2) is 21.6 Å². The van der Waals surface area contributed by atoms with Gasteiger partial charge < -0.3 is 4.74 Å². The van der Waals surface area contributed by atoms with Gasteiger partial charge in [-0.1, -0.05) is 29.8 Å². The molecular weight excluding hydrogens is 342 g/mol. The fourth-order valence-corrected chi connectivity index (χ4v) is 2.80. The molecular formula is C21H19N3O3. The lowest BCUT2D eigenvalue weighted by atomic mass is 10.2. The van der Waals surface area contributed by atoms with E-state index in [4.69, 9.17) is 10.00 Å². The van der Waals surface area contributed by atoms with Crippen molar-refractivity contribution in [2.45, 2.75) is 32.8 Å². The standard InChI is InChI=1S/C21H19N3O3/c1-14-7-9-16(10-8-14)24-19(11-12-20(25)27-15(2)13-22)23-18-6-4-3-5-17(18)21(24)26/h3-10,15H,11-12H2,1-2H3/t15-/m0/s1. The number of carbonyl (C=O) groups is 1. The number of esters is 1. The highest BCUT2D eigenvalue weighted by molar-refractivity contribution is 5.78. The second-order valence-corrected chi connectivity index (χ2v) is 6.28. The third-order valence-electron chi connectivity index (χ3n) is 4.18. The second kappa shape index (κ2) is 7.83. The summed E-state index contributed by atoms with van der Waals surface area (Å²) in [5.74, 6) is -0.0222. The number of hydrogen-bond donors (Lipinski definition) is 0. The predicted molar refractivity (Wildman–Crippen MR) is 102 cm³/mol. The van der Waals surface area contributed by atoms with Crippen LogP contribution in [0.5, 0.6) is 0 Å². The van der Waals surface area contributed by atoms with Crippen molar-refractivity contribution in [1.82, 2.24) is 9.55 Å². The Labute approximate surface area is 156 Å². The number of nitriles is 1. The summed E-state index contributed by atoms with van der Waals surface area (Å²) in [6.07, 6.45) is -0.547. The SMILES string of the molecule is Cc1ccc(-n2c(CCC(=O)O[C@@H](C)C#N)nc3ccccc3c2=O)cc1. The van der Waals surface area contributed by atoms with E-state index in [1.807, 2.05) is 43.3 Å². The number of hydrogen-bond acceptors (Lipinski definition) is 5. The van der Waals surface area contributed by atoms with Gasteiger partial charge in [0.05, 0.1) is 23.0 Å². The molecule has 0 fully saturated rings. The van der Waals surface area contributed by atoms with E-state index in [2.05, 4.69) is 4.98 Å². The molecule has 0 aliphatic carbocycles. The van der Waals surface area contributed by atoms with Crippen LogP contribution < -0.4 is 5.56 Å². The second-order valence-electron chi connectivity index (χ2n) is 6.28. The molecule has 0 spiro atoms. The van der Waals surface area contributed by atoms with E-state index < -0.39 is 12.1 Å². The Bertz CT molecular complexity index is 1080. The van der Waals surface area contributed by atoms with Gasteiger partial charge in [-0.2, -0.15) is 5.26 Å². The van der Waals surface area contributed by atoms with Crippen molar-refractivity contribution in [3.05, 3.63) is 70.3 Å². The van der Waals surface area contributed by atoms with Gasteiger partial charge in [-0.15, -0.1) is 0 Å². The molecule has 0 unspecified atom stereocenters. The molecule has 0 N–H and O–H groups in total. The van der Waals surface area contributed by atoms with Crippen molar-refractivity contribution in [3.8, 4) is 11.8 Å². The summed E-state index contributed by atoms with van der Waals surface area (Å²) in [6.45, 7) is 3.48. The molecule has 136 valence electrons. The third-order valence-corrected chi connectivity index (χ3v) is 4.18. The van der Waals surface area contributed by atoms with Crippen molar-refractivity contribution in [1.29, 1.82) is 5.26 Å². The van der Waals surface area contributed by atoms with Crippen molar-refractivity contribution in [2.75, 3.05) is 0 Å². The van der Waals surface area contributed by atoms with Crippen molar-refractivity contribution < 1.29 is 9.53 Å². The van der Waals surface area contributed by atoms with Gasteiger partial charge in [0.2, 0.25) is 0 Å². The fourth-order valence-electron chi connectivity index (χ4n) is 2.80. The number of carbonyl (C=O) groups excluding carboxylic acids is 1. The van der Waals surface area contributed by atoms with Crippen molar-refractivity contribution in [3.63, 3.8) is 0 Å². The normalized spacial score (nSPS) is 11.7. The van der Waals surface area contributed by atoms with Crippen molar-refractivity contribution >= 4 is 16.9 Å². The predicted octanol–water partition coefficient (Wildman–Crippen LogP) is 3.08. The molecule has 1 atom stereocenters. The Kier molecular flexibility index (Phi) is 5.32. The molecule has 3 rings (SSSR count). The van der Waals surface area contributed by atoms with Gasteiger partial charge in [-0.25, -0.2) is 4.98 Å². The summed E-state index contributed by atoms with van der Waals surface area (Å²) in [6, 6.07) is 16.5. The first-order valence-corrected chi connectivity index (χ1v) is 8.66. The number of ether oxygens (including phenoxy) is 1. The average Bonchev–Trinajstić information content (AvgIpc) is 2.67. The summed E-state index contributed by atoms with van der Waals surface area (Å²) in [5.41, 5.74) is 2.17. The summed E-state index contributed by atoms with van der Waals surface area (Å²) in [4.78, 5) is 29.6. The Hall–Kier alpha value is -3.46. The van der Waals surface area contributed by atoms with Gasteiger partial charge in [0.15, 0.2) is 6.10 Å². The minimum atomic E-state index is -0.804. The number of benzene rings is 2. The Morgan fingerprint density at radius 2 is 1.93 bits per heavy atom. The van der Waals surface area contributed by atoms with E-state index in [1.54, 1.807) is 18.2 Å². The van der Waals surface area contributed by atoms with Crippen LogP contribution in [0.1, 0.15) is 24.7 Å². The lowest BCUT2D eigenvalue weighted by Crippen LogP contribution is -2.25. The molecule has 1 heterocycles. The summed E-state index contributed by atoms with van der Waals surface area (Å²) in [7, 11) is 0. The largest absolute Gasteiger partial charge is 0.447 e. The van der Waals surface area contributed by atoms with Gasteiger partial charge in [0.25, 0.3) is 5.56 Å². The molecule has 0 saturated carbocycles. The van der Waals surface area contributed by atoms with Crippen LogP contribution >= 0.6 is 0 Å². The monoisotopic (exact) mass is 361 g/mol. The molecule has 2 aromatic carbocycles.